The molecule has 18 heavy (non-hydrogen) atoms. The van der Waals surface area contributed by atoms with Crippen LogP contribution < -0.4 is 4.90 Å². The van der Waals surface area contributed by atoms with Crippen LogP contribution in [-0.2, 0) is 5.41 Å². The van der Waals surface area contributed by atoms with Gasteiger partial charge in [-0.05, 0) is 12.8 Å². The first-order chi connectivity index (χ1) is 8.78. The van der Waals surface area contributed by atoms with Crippen LogP contribution in [0.1, 0.15) is 24.8 Å². The maximum Gasteiger partial charge on any atom is 0.147 e. The van der Waals surface area contributed by atoms with Crippen molar-refractivity contribution in [1.29, 1.82) is 0 Å². The van der Waals surface area contributed by atoms with Gasteiger partial charge in [-0.25, -0.2) is 9.97 Å². The van der Waals surface area contributed by atoms with Gasteiger partial charge in [0.25, 0.3) is 0 Å². The van der Waals surface area contributed by atoms with Gasteiger partial charge in [-0.2, -0.15) is 0 Å². The van der Waals surface area contributed by atoms with Gasteiger partial charge < -0.3 is 4.90 Å². The minimum atomic E-state index is 0.229. The first-order valence-electron chi connectivity index (χ1n) is 6.19. The van der Waals surface area contributed by atoms with Crippen molar-refractivity contribution in [3.8, 4) is 0 Å². The minimum Gasteiger partial charge on any atom is -0.355 e. The van der Waals surface area contributed by atoms with E-state index in [0.29, 0.717) is 0 Å². The molecule has 0 aromatic carbocycles. The lowest BCUT2D eigenvalue weighted by Crippen LogP contribution is -2.41. The molecular formula is C13H16N4S. The second-order valence-corrected chi connectivity index (χ2v) is 5.84. The minimum absolute atomic E-state index is 0.229. The lowest BCUT2D eigenvalue weighted by Gasteiger charge is -2.38. The van der Waals surface area contributed by atoms with Crippen LogP contribution in [0.5, 0.6) is 0 Å². The Labute approximate surface area is 111 Å². The first kappa shape index (κ1) is 11.6. The van der Waals surface area contributed by atoms with Crippen LogP contribution in [0, 0.1) is 0 Å². The van der Waals surface area contributed by atoms with Gasteiger partial charge in [0.2, 0.25) is 0 Å². The SMILES string of the molecule is CC1(c2nccs2)CCN(c2cnccn2)CC1. The molecule has 3 rings (SSSR count). The van der Waals surface area contributed by atoms with Crippen LogP contribution in [0.25, 0.3) is 0 Å². The summed E-state index contributed by atoms with van der Waals surface area (Å²) in [7, 11) is 0. The Balaban J connectivity index is 1.72. The standard InChI is InChI=1S/C13H16N4S/c1-13(12-16-6-9-18-12)2-7-17(8-3-13)11-10-14-4-5-15-11/h4-6,9-10H,2-3,7-8H2,1H3. The second-order valence-electron chi connectivity index (χ2n) is 4.95. The lowest BCUT2D eigenvalue weighted by atomic mass is 9.81. The molecule has 4 nitrogen and oxygen atoms in total. The number of anilines is 1. The zero-order valence-electron chi connectivity index (χ0n) is 10.4. The predicted molar refractivity (Wildman–Crippen MR) is 72.9 cm³/mol. The molecule has 0 bridgehead atoms. The van der Waals surface area contributed by atoms with E-state index in [0.717, 1.165) is 31.7 Å². The molecule has 94 valence electrons. The molecule has 0 N–H and O–H groups in total. The van der Waals surface area contributed by atoms with Crippen molar-refractivity contribution < 1.29 is 0 Å². The van der Waals surface area contributed by atoms with Gasteiger partial charge in [0.15, 0.2) is 0 Å². The summed E-state index contributed by atoms with van der Waals surface area (Å²) in [6, 6.07) is 0. The van der Waals surface area contributed by atoms with E-state index in [4.69, 9.17) is 0 Å². The Morgan fingerprint density at radius 1 is 1.17 bits per heavy atom. The summed E-state index contributed by atoms with van der Waals surface area (Å²) in [5.41, 5.74) is 0.229. The number of nitrogens with zero attached hydrogens (tertiary/aromatic N) is 4. The molecule has 2 aromatic rings. The molecule has 0 saturated carbocycles. The van der Waals surface area contributed by atoms with E-state index in [9.17, 15) is 0 Å². The maximum absolute atomic E-state index is 4.48. The van der Waals surface area contributed by atoms with Gasteiger partial charge >= 0.3 is 0 Å². The number of thiazole rings is 1. The lowest BCUT2D eigenvalue weighted by molar-refractivity contribution is 0.360. The van der Waals surface area contributed by atoms with Crippen LogP contribution in [0.4, 0.5) is 5.82 Å². The van der Waals surface area contributed by atoms with E-state index in [1.54, 1.807) is 23.7 Å². The highest BCUT2D eigenvalue weighted by Gasteiger charge is 2.34. The summed E-state index contributed by atoms with van der Waals surface area (Å²) in [6.07, 6.45) is 9.46. The fourth-order valence-electron chi connectivity index (χ4n) is 2.42. The predicted octanol–water partition coefficient (Wildman–Crippen LogP) is 2.49. The number of rotatable bonds is 2. The van der Waals surface area contributed by atoms with Crippen LogP contribution in [-0.4, -0.2) is 28.0 Å². The fourth-order valence-corrected chi connectivity index (χ4v) is 3.28. The third-order valence-corrected chi connectivity index (χ3v) is 4.77. The first-order valence-corrected chi connectivity index (χ1v) is 7.07. The van der Waals surface area contributed by atoms with E-state index in [2.05, 4.69) is 32.2 Å². The highest BCUT2D eigenvalue weighted by molar-refractivity contribution is 7.09. The summed E-state index contributed by atoms with van der Waals surface area (Å²) in [5, 5.41) is 3.33. The molecule has 0 amide bonds. The molecule has 1 saturated heterocycles. The number of hydrogen-bond acceptors (Lipinski definition) is 5. The van der Waals surface area contributed by atoms with E-state index in [1.807, 2.05) is 12.4 Å². The van der Waals surface area contributed by atoms with Crippen LogP contribution in [0.3, 0.4) is 0 Å². The molecule has 0 atom stereocenters. The molecular weight excluding hydrogens is 244 g/mol. The Kier molecular flexibility index (Phi) is 2.99. The number of piperidine rings is 1. The van der Waals surface area contributed by atoms with Crippen molar-refractivity contribution in [1.82, 2.24) is 15.0 Å². The van der Waals surface area contributed by atoms with Crippen molar-refractivity contribution in [3.05, 3.63) is 35.2 Å². The number of aromatic nitrogens is 3. The second kappa shape index (κ2) is 4.65. The number of hydrogen-bond donors (Lipinski definition) is 0. The summed E-state index contributed by atoms with van der Waals surface area (Å²) < 4.78 is 0. The molecule has 0 unspecified atom stereocenters. The van der Waals surface area contributed by atoms with E-state index in [1.165, 1.54) is 5.01 Å². The van der Waals surface area contributed by atoms with Crippen LogP contribution in [0.15, 0.2) is 30.2 Å². The summed E-state index contributed by atoms with van der Waals surface area (Å²) in [6.45, 7) is 4.36. The molecule has 2 aromatic heterocycles. The molecule has 0 spiro atoms. The van der Waals surface area contributed by atoms with Gasteiger partial charge in [0, 0.05) is 42.5 Å². The van der Waals surface area contributed by atoms with Gasteiger partial charge in [-0.15, -0.1) is 11.3 Å². The zero-order valence-corrected chi connectivity index (χ0v) is 11.2. The third kappa shape index (κ3) is 2.10. The van der Waals surface area contributed by atoms with Crippen LogP contribution >= 0.6 is 11.3 Å². The van der Waals surface area contributed by atoms with Crippen molar-refractivity contribution in [2.45, 2.75) is 25.2 Å². The Morgan fingerprint density at radius 2 is 2.00 bits per heavy atom. The topological polar surface area (TPSA) is 41.9 Å². The average molecular weight is 260 g/mol. The Bertz CT molecular complexity index is 489. The smallest absolute Gasteiger partial charge is 0.147 e. The normalized spacial score (nSPS) is 18.8. The van der Waals surface area contributed by atoms with E-state index < -0.39 is 0 Å². The molecule has 1 fully saturated rings. The quantitative estimate of drug-likeness (QED) is 0.832. The van der Waals surface area contributed by atoms with Crippen molar-refractivity contribution in [2.75, 3.05) is 18.0 Å². The maximum atomic E-state index is 4.48. The average Bonchev–Trinajstić information content (AvgIpc) is 2.95. The molecule has 5 heteroatoms. The van der Waals surface area contributed by atoms with Crippen LogP contribution in [0.2, 0.25) is 0 Å². The zero-order chi connectivity index (χ0) is 12.4. The van der Waals surface area contributed by atoms with Gasteiger partial charge in [0.05, 0.1) is 11.2 Å². The van der Waals surface area contributed by atoms with Crippen molar-refractivity contribution >= 4 is 17.2 Å². The van der Waals surface area contributed by atoms with Gasteiger partial charge in [-0.1, -0.05) is 6.92 Å². The summed E-state index contributed by atoms with van der Waals surface area (Å²) in [4.78, 5) is 15.3. The molecule has 1 aliphatic rings. The van der Waals surface area contributed by atoms with E-state index in [-0.39, 0.29) is 5.41 Å². The van der Waals surface area contributed by atoms with Crippen molar-refractivity contribution in [2.24, 2.45) is 0 Å². The largest absolute Gasteiger partial charge is 0.355 e. The monoisotopic (exact) mass is 260 g/mol. The summed E-state index contributed by atoms with van der Waals surface area (Å²) in [5.74, 6) is 0.985. The third-order valence-electron chi connectivity index (χ3n) is 3.69. The van der Waals surface area contributed by atoms with Gasteiger partial charge in [0.1, 0.15) is 5.82 Å². The van der Waals surface area contributed by atoms with Crippen molar-refractivity contribution in [3.63, 3.8) is 0 Å². The van der Waals surface area contributed by atoms with Gasteiger partial charge in [-0.3, -0.25) is 4.98 Å². The highest BCUT2D eigenvalue weighted by Crippen LogP contribution is 2.36. The Morgan fingerprint density at radius 3 is 2.61 bits per heavy atom. The fraction of sp³-hybridized carbons (Fsp3) is 0.462. The highest BCUT2D eigenvalue weighted by atomic mass is 32.1. The van der Waals surface area contributed by atoms with E-state index >= 15 is 0 Å². The molecule has 3 heterocycles. The summed E-state index contributed by atoms with van der Waals surface area (Å²) >= 11 is 1.77. The molecule has 0 aliphatic carbocycles. The Hall–Kier alpha value is -1.49. The molecule has 1 aliphatic heterocycles. The molecule has 0 radical (unpaired) electrons.